The minimum atomic E-state index is 0. The van der Waals surface area contributed by atoms with Gasteiger partial charge in [-0.05, 0) is 56.7 Å². The fourth-order valence-electron chi connectivity index (χ4n) is 3.80. The molecule has 1 heterocycles. The molecule has 0 bridgehead atoms. The van der Waals surface area contributed by atoms with E-state index in [2.05, 4.69) is 34.7 Å². The Hall–Kier alpha value is -1.85. The van der Waals surface area contributed by atoms with Crippen molar-refractivity contribution in [1.82, 2.24) is 9.78 Å². The molecule has 3 rings (SSSR count). The molecule has 0 aliphatic heterocycles. The van der Waals surface area contributed by atoms with Crippen LogP contribution in [0, 0.1) is 6.92 Å². The maximum absolute atomic E-state index is 12.4. The van der Waals surface area contributed by atoms with Gasteiger partial charge in [-0.25, -0.2) is 4.68 Å². The number of benzene rings is 1. The van der Waals surface area contributed by atoms with E-state index in [1.807, 2.05) is 17.8 Å². The minimum Gasteiger partial charge on any atom is -0.330 e. The molecule has 0 fully saturated rings. The highest BCUT2D eigenvalue weighted by Crippen LogP contribution is 2.35. The molecule has 148 valence electrons. The fourth-order valence-corrected chi connectivity index (χ4v) is 3.80. The number of carbonyl (C=O) groups excluding carboxylic acids is 1. The molecule has 5 nitrogen and oxygen atoms in total. The van der Waals surface area contributed by atoms with Gasteiger partial charge < -0.3 is 11.1 Å². The van der Waals surface area contributed by atoms with E-state index >= 15 is 0 Å². The number of carbonyl (C=O) groups is 1. The number of nitrogens with one attached hydrogen (secondary N) is 1. The summed E-state index contributed by atoms with van der Waals surface area (Å²) in [6, 6.07) is 8.79. The molecule has 1 unspecified atom stereocenters. The van der Waals surface area contributed by atoms with E-state index in [0.29, 0.717) is 6.42 Å². The average Bonchev–Trinajstić information content (AvgIpc) is 3.01. The highest BCUT2D eigenvalue weighted by molar-refractivity contribution is 5.90. The lowest BCUT2D eigenvalue weighted by Crippen LogP contribution is -2.22. The zero-order valence-corrected chi connectivity index (χ0v) is 16.9. The highest BCUT2D eigenvalue weighted by atomic mass is 35.5. The van der Waals surface area contributed by atoms with E-state index in [1.165, 1.54) is 11.1 Å². The number of halogens is 1. The highest BCUT2D eigenvalue weighted by Gasteiger charge is 2.25. The number of aromatic nitrogens is 2. The van der Waals surface area contributed by atoms with Crippen LogP contribution in [0.3, 0.4) is 0 Å². The summed E-state index contributed by atoms with van der Waals surface area (Å²) in [7, 11) is 0. The number of amides is 1. The molecule has 6 heteroatoms. The monoisotopic (exact) mass is 390 g/mol. The van der Waals surface area contributed by atoms with Crippen LogP contribution in [0.1, 0.15) is 67.7 Å². The number of rotatable bonds is 8. The van der Waals surface area contributed by atoms with Gasteiger partial charge in [0, 0.05) is 12.0 Å². The van der Waals surface area contributed by atoms with E-state index in [1.54, 1.807) is 0 Å². The maximum atomic E-state index is 12.4. The smallest absolute Gasteiger partial charge is 0.225 e. The Morgan fingerprint density at radius 2 is 2.04 bits per heavy atom. The Morgan fingerprint density at radius 1 is 1.26 bits per heavy atom. The maximum Gasteiger partial charge on any atom is 0.225 e. The molecule has 0 spiro atoms. The van der Waals surface area contributed by atoms with E-state index in [9.17, 15) is 4.79 Å². The lowest BCUT2D eigenvalue weighted by atomic mass is 9.88. The first-order chi connectivity index (χ1) is 12.7. The second kappa shape index (κ2) is 10.5. The molecule has 1 aromatic carbocycles. The van der Waals surface area contributed by atoms with Gasteiger partial charge in [0.05, 0.1) is 12.2 Å². The number of nitrogens with zero attached hydrogens (tertiary/aromatic N) is 2. The number of nitrogens with two attached hydrogens (primary N) is 1. The van der Waals surface area contributed by atoms with Crippen molar-refractivity contribution < 1.29 is 4.79 Å². The molecule has 1 atom stereocenters. The molecule has 1 aliphatic carbocycles. The number of fused-ring (bicyclic) bond motifs is 1. The van der Waals surface area contributed by atoms with Gasteiger partial charge in [-0.1, -0.05) is 37.1 Å². The molecule has 27 heavy (non-hydrogen) atoms. The van der Waals surface area contributed by atoms with Crippen molar-refractivity contribution in [2.24, 2.45) is 5.73 Å². The van der Waals surface area contributed by atoms with Gasteiger partial charge in [0.15, 0.2) is 0 Å². The fraction of sp³-hybridized carbons (Fsp3) is 0.524. The van der Waals surface area contributed by atoms with Crippen LogP contribution in [0.2, 0.25) is 0 Å². The minimum absolute atomic E-state index is 0. The van der Waals surface area contributed by atoms with Crippen LogP contribution < -0.4 is 11.1 Å². The summed E-state index contributed by atoms with van der Waals surface area (Å²) in [6.07, 6.45) is 9.83. The van der Waals surface area contributed by atoms with Crippen molar-refractivity contribution in [3.8, 4) is 0 Å². The Labute approximate surface area is 168 Å². The van der Waals surface area contributed by atoms with Crippen LogP contribution in [0.4, 0.5) is 5.82 Å². The van der Waals surface area contributed by atoms with Crippen molar-refractivity contribution in [1.29, 1.82) is 0 Å². The van der Waals surface area contributed by atoms with Crippen molar-refractivity contribution in [2.75, 3.05) is 11.9 Å². The van der Waals surface area contributed by atoms with Crippen molar-refractivity contribution >= 4 is 24.1 Å². The molecule has 0 saturated carbocycles. The van der Waals surface area contributed by atoms with Gasteiger partial charge in [-0.15, -0.1) is 12.4 Å². The van der Waals surface area contributed by atoms with Crippen LogP contribution in [0.15, 0.2) is 30.5 Å². The molecular formula is C21H31ClN4O. The van der Waals surface area contributed by atoms with Gasteiger partial charge in [-0.3, -0.25) is 4.79 Å². The number of hydrogen-bond donors (Lipinski definition) is 2. The van der Waals surface area contributed by atoms with Crippen LogP contribution in [0.25, 0.3) is 0 Å². The lowest BCUT2D eigenvalue weighted by Gasteiger charge is -2.27. The normalized spacial score (nSPS) is 15.7. The Morgan fingerprint density at radius 3 is 2.85 bits per heavy atom. The molecule has 2 aromatic rings. The van der Waals surface area contributed by atoms with Crippen LogP contribution in [0.5, 0.6) is 0 Å². The van der Waals surface area contributed by atoms with E-state index < -0.39 is 0 Å². The van der Waals surface area contributed by atoms with Gasteiger partial charge in [0.25, 0.3) is 0 Å². The first kappa shape index (κ1) is 21.5. The number of hydrogen-bond acceptors (Lipinski definition) is 3. The predicted molar refractivity (Wildman–Crippen MR) is 113 cm³/mol. The number of anilines is 1. The summed E-state index contributed by atoms with van der Waals surface area (Å²) < 4.78 is 2.01. The Kier molecular flexibility index (Phi) is 8.32. The molecule has 1 amide bonds. The summed E-state index contributed by atoms with van der Waals surface area (Å²) in [4.78, 5) is 12.4. The first-order valence-electron chi connectivity index (χ1n) is 9.82. The molecule has 0 radical (unpaired) electrons. The molecule has 0 saturated heterocycles. The Bertz CT molecular complexity index is 744. The zero-order chi connectivity index (χ0) is 18.4. The van der Waals surface area contributed by atoms with Crippen molar-refractivity contribution in [3.05, 3.63) is 47.2 Å². The summed E-state index contributed by atoms with van der Waals surface area (Å²) >= 11 is 0. The number of aryl methyl sites for hydroxylation is 2. The first-order valence-corrected chi connectivity index (χ1v) is 9.82. The summed E-state index contributed by atoms with van der Waals surface area (Å²) in [5, 5.41) is 7.71. The standard InChI is InChI=1S/C21H30N4O.ClH/c1-16-15-23-25(19-12-8-10-17-9-5-6-11-18(17)19)21(16)24-20(26)13-4-2-3-7-14-22;/h5-6,9,11,15,19H,2-4,7-8,10,12-14,22H2,1H3,(H,24,26);1H. The topological polar surface area (TPSA) is 72.9 Å². The van der Waals surface area contributed by atoms with Crippen molar-refractivity contribution in [3.63, 3.8) is 0 Å². The van der Waals surface area contributed by atoms with Crippen LogP contribution in [-0.2, 0) is 11.2 Å². The third-order valence-corrected chi connectivity index (χ3v) is 5.23. The second-order valence-electron chi connectivity index (χ2n) is 7.23. The van der Waals surface area contributed by atoms with Gasteiger partial charge in [-0.2, -0.15) is 5.10 Å². The van der Waals surface area contributed by atoms with Gasteiger partial charge >= 0.3 is 0 Å². The van der Waals surface area contributed by atoms with E-state index in [4.69, 9.17) is 5.73 Å². The van der Waals surface area contributed by atoms with Crippen LogP contribution in [-0.4, -0.2) is 22.2 Å². The van der Waals surface area contributed by atoms with Crippen molar-refractivity contribution in [2.45, 2.75) is 64.3 Å². The third-order valence-electron chi connectivity index (χ3n) is 5.23. The summed E-state index contributed by atoms with van der Waals surface area (Å²) in [5.41, 5.74) is 9.26. The molecule has 1 aromatic heterocycles. The SMILES string of the molecule is Cc1cnn(C2CCCc3ccccc32)c1NC(=O)CCCCCCN.Cl. The lowest BCUT2D eigenvalue weighted by molar-refractivity contribution is -0.116. The van der Waals surface area contributed by atoms with Gasteiger partial charge in [0.1, 0.15) is 5.82 Å². The summed E-state index contributed by atoms with van der Waals surface area (Å²) in [5.74, 6) is 0.922. The van der Waals surface area contributed by atoms with Gasteiger partial charge in [0.2, 0.25) is 5.91 Å². The number of unbranched alkanes of at least 4 members (excludes halogenated alkanes) is 3. The molecular weight excluding hydrogens is 360 g/mol. The predicted octanol–water partition coefficient (Wildman–Crippen LogP) is 4.39. The van der Waals surface area contributed by atoms with E-state index in [0.717, 1.165) is 62.9 Å². The van der Waals surface area contributed by atoms with E-state index in [-0.39, 0.29) is 24.4 Å². The summed E-state index contributed by atoms with van der Waals surface area (Å²) in [6.45, 7) is 2.74. The average molecular weight is 391 g/mol. The quantitative estimate of drug-likeness (QED) is 0.656. The zero-order valence-electron chi connectivity index (χ0n) is 16.1. The Balaban J connectivity index is 0.00000261. The second-order valence-corrected chi connectivity index (χ2v) is 7.23. The molecule has 1 aliphatic rings. The third kappa shape index (κ3) is 5.33. The largest absolute Gasteiger partial charge is 0.330 e. The van der Waals surface area contributed by atoms with Crippen LogP contribution >= 0.6 is 12.4 Å². The molecule has 3 N–H and O–H groups in total.